The maximum absolute atomic E-state index is 11.0. The van der Waals surface area contributed by atoms with Crippen molar-refractivity contribution in [2.75, 3.05) is 6.54 Å². The fourth-order valence-corrected chi connectivity index (χ4v) is 1.55. The summed E-state index contributed by atoms with van der Waals surface area (Å²) in [6.07, 6.45) is 0. The Labute approximate surface area is 78.2 Å². The van der Waals surface area contributed by atoms with Crippen LogP contribution in [0.5, 0.6) is 0 Å². The van der Waals surface area contributed by atoms with E-state index < -0.39 is 0 Å². The van der Waals surface area contributed by atoms with Crippen LogP contribution in [0, 0.1) is 0 Å². The summed E-state index contributed by atoms with van der Waals surface area (Å²) < 4.78 is 0. The molecule has 1 aromatic carbocycles. The van der Waals surface area contributed by atoms with Crippen LogP contribution >= 0.6 is 0 Å². The average molecular weight is 175 g/mol. The molecule has 2 nitrogen and oxygen atoms in total. The minimum Gasteiger partial charge on any atom is -0.298 e. The van der Waals surface area contributed by atoms with E-state index in [1.807, 2.05) is 18.2 Å². The van der Waals surface area contributed by atoms with Gasteiger partial charge in [0.15, 0.2) is 0 Å². The number of benzene rings is 1. The first-order chi connectivity index (χ1) is 6.27. The first kappa shape index (κ1) is 8.45. The molecule has 2 atom stereocenters. The van der Waals surface area contributed by atoms with E-state index in [1.165, 1.54) is 5.56 Å². The van der Waals surface area contributed by atoms with Crippen LogP contribution in [0.4, 0.5) is 0 Å². The molecule has 68 valence electrons. The molecule has 0 saturated carbocycles. The summed E-state index contributed by atoms with van der Waals surface area (Å²) in [5.74, 6) is 0.288. The lowest BCUT2D eigenvalue weighted by Gasteiger charge is -2.01. The van der Waals surface area contributed by atoms with Gasteiger partial charge in [0.1, 0.15) is 5.78 Å². The van der Waals surface area contributed by atoms with Gasteiger partial charge in [-0.2, -0.15) is 0 Å². The van der Waals surface area contributed by atoms with Crippen molar-refractivity contribution < 1.29 is 4.79 Å². The zero-order chi connectivity index (χ0) is 9.26. The molecule has 1 fully saturated rings. The third-order valence-electron chi connectivity index (χ3n) is 2.41. The topological polar surface area (TPSA) is 20.1 Å². The molecule has 0 amide bonds. The molecule has 0 N–H and O–H groups in total. The van der Waals surface area contributed by atoms with E-state index in [0.717, 1.165) is 13.1 Å². The molecule has 2 heteroatoms. The van der Waals surface area contributed by atoms with Crippen molar-refractivity contribution in [1.82, 2.24) is 4.90 Å². The number of Topliss-reactive ketones (excluding diaryl/α,β-unsaturated/α-hetero) is 1. The zero-order valence-electron chi connectivity index (χ0n) is 7.73. The minimum atomic E-state index is 0.195. The van der Waals surface area contributed by atoms with Gasteiger partial charge < -0.3 is 0 Å². The Balaban J connectivity index is 1.92. The van der Waals surface area contributed by atoms with E-state index >= 15 is 0 Å². The van der Waals surface area contributed by atoms with Crippen LogP contribution in [0.25, 0.3) is 0 Å². The second kappa shape index (κ2) is 3.30. The summed E-state index contributed by atoms with van der Waals surface area (Å²) in [5, 5.41) is 0. The lowest BCUT2D eigenvalue weighted by atomic mass is 10.2. The third kappa shape index (κ3) is 1.95. The highest BCUT2D eigenvalue weighted by molar-refractivity contribution is 5.84. The largest absolute Gasteiger partial charge is 0.298 e. The fourth-order valence-electron chi connectivity index (χ4n) is 1.55. The second-order valence-corrected chi connectivity index (χ2v) is 3.54. The Hall–Kier alpha value is -1.15. The monoisotopic (exact) mass is 175 g/mol. The van der Waals surface area contributed by atoms with E-state index in [4.69, 9.17) is 0 Å². The van der Waals surface area contributed by atoms with Crippen molar-refractivity contribution in [1.29, 1.82) is 0 Å². The Morgan fingerprint density at radius 2 is 2.15 bits per heavy atom. The predicted octanol–water partition coefficient (Wildman–Crippen LogP) is 1.46. The Kier molecular flexibility index (Phi) is 2.15. The van der Waals surface area contributed by atoms with Gasteiger partial charge in [-0.1, -0.05) is 30.3 Å². The van der Waals surface area contributed by atoms with Crippen molar-refractivity contribution in [2.24, 2.45) is 0 Å². The summed E-state index contributed by atoms with van der Waals surface area (Å²) in [5.41, 5.74) is 1.28. The number of hydrogen-bond acceptors (Lipinski definition) is 2. The molecule has 13 heavy (non-hydrogen) atoms. The fraction of sp³-hybridized carbons (Fsp3) is 0.364. The van der Waals surface area contributed by atoms with Crippen molar-refractivity contribution in [3.63, 3.8) is 0 Å². The van der Waals surface area contributed by atoms with E-state index in [0.29, 0.717) is 0 Å². The number of carbonyl (C=O) groups is 1. The second-order valence-electron chi connectivity index (χ2n) is 3.54. The Morgan fingerprint density at radius 3 is 2.69 bits per heavy atom. The van der Waals surface area contributed by atoms with Crippen LogP contribution in [0.15, 0.2) is 30.3 Å². The molecular formula is C11H13NO. The van der Waals surface area contributed by atoms with Crippen LogP contribution < -0.4 is 0 Å². The van der Waals surface area contributed by atoms with Gasteiger partial charge in [0, 0.05) is 13.1 Å². The summed E-state index contributed by atoms with van der Waals surface area (Å²) in [4.78, 5) is 13.1. The van der Waals surface area contributed by atoms with Gasteiger partial charge in [-0.15, -0.1) is 0 Å². The Morgan fingerprint density at radius 1 is 1.46 bits per heavy atom. The maximum atomic E-state index is 11.0. The van der Waals surface area contributed by atoms with Crippen molar-refractivity contribution in [3.8, 4) is 0 Å². The summed E-state index contributed by atoms with van der Waals surface area (Å²) in [6.45, 7) is 3.50. The summed E-state index contributed by atoms with van der Waals surface area (Å²) in [6, 6.07) is 10.4. The third-order valence-corrected chi connectivity index (χ3v) is 2.41. The number of ketones is 1. The van der Waals surface area contributed by atoms with Crippen LogP contribution in [-0.2, 0) is 11.3 Å². The van der Waals surface area contributed by atoms with Gasteiger partial charge in [0.2, 0.25) is 0 Å². The highest BCUT2D eigenvalue weighted by Crippen LogP contribution is 2.21. The van der Waals surface area contributed by atoms with Crippen molar-refractivity contribution in [3.05, 3.63) is 35.9 Å². The normalized spacial score (nSPS) is 25.6. The van der Waals surface area contributed by atoms with Gasteiger partial charge in [-0.25, -0.2) is 0 Å². The smallest absolute Gasteiger partial charge is 0.148 e. The summed E-state index contributed by atoms with van der Waals surface area (Å²) >= 11 is 0. The highest BCUT2D eigenvalue weighted by atomic mass is 16.1. The van der Waals surface area contributed by atoms with Crippen LogP contribution in [0.1, 0.15) is 12.5 Å². The number of rotatable bonds is 3. The summed E-state index contributed by atoms with van der Waals surface area (Å²) in [7, 11) is 0. The van der Waals surface area contributed by atoms with Gasteiger partial charge in [-0.3, -0.25) is 9.69 Å². The average Bonchev–Trinajstić information content (AvgIpc) is 2.86. The molecule has 1 aromatic rings. The lowest BCUT2D eigenvalue weighted by molar-refractivity contribution is -0.117. The lowest BCUT2D eigenvalue weighted by Crippen LogP contribution is -2.08. The van der Waals surface area contributed by atoms with E-state index in [2.05, 4.69) is 17.0 Å². The van der Waals surface area contributed by atoms with Crippen LogP contribution in [-0.4, -0.2) is 23.3 Å². The van der Waals surface area contributed by atoms with E-state index in [9.17, 15) is 4.79 Å². The van der Waals surface area contributed by atoms with Gasteiger partial charge >= 0.3 is 0 Å². The van der Waals surface area contributed by atoms with Gasteiger partial charge in [0.05, 0.1) is 6.04 Å². The minimum absolute atomic E-state index is 0.195. The first-order valence-electron chi connectivity index (χ1n) is 4.56. The van der Waals surface area contributed by atoms with Crippen molar-refractivity contribution >= 4 is 5.78 Å². The van der Waals surface area contributed by atoms with Crippen LogP contribution in [0.2, 0.25) is 0 Å². The number of nitrogens with zero attached hydrogens (tertiary/aromatic N) is 1. The molecular weight excluding hydrogens is 162 g/mol. The SMILES string of the molecule is CC(=O)C1CN1Cc1ccccc1. The highest BCUT2D eigenvalue weighted by Gasteiger charge is 2.37. The van der Waals surface area contributed by atoms with Crippen LogP contribution in [0.3, 0.4) is 0 Å². The molecule has 1 aliphatic heterocycles. The van der Waals surface area contributed by atoms with E-state index in [1.54, 1.807) is 6.92 Å². The molecule has 2 unspecified atom stereocenters. The number of hydrogen-bond donors (Lipinski definition) is 0. The molecule has 0 aliphatic carbocycles. The molecule has 1 saturated heterocycles. The van der Waals surface area contributed by atoms with Gasteiger partial charge in [-0.05, 0) is 12.5 Å². The molecule has 0 radical (unpaired) electrons. The predicted molar refractivity (Wildman–Crippen MR) is 51.3 cm³/mol. The molecule has 2 rings (SSSR count). The molecule has 0 bridgehead atoms. The molecule has 0 aromatic heterocycles. The van der Waals surface area contributed by atoms with Crippen molar-refractivity contribution in [2.45, 2.75) is 19.5 Å². The van der Waals surface area contributed by atoms with E-state index in [-0.39, 0.29) is 11.8 Å². The molecule has 1 aliphatic rings. The maximum Gasteiger partial charge on any atom is 0.148 e. The van der Waals surface area contributed by atoms with Gasteiger partial charge in [0.25, 0.3) is 0 Å². The Bertz CT molecular complexity index is 307. The molecule has 0 spiro atoms. The first-order valence-corrected chi connectivity index (χ1v) is 4.56. The zero-order valence-corrected chi connectivity index (χ0v) is 7.73. The standard InChI is InChI=1S/C11H13NO/c1-9(13)11-8-12(11)7-10-5-3-2-4-6-10/h2-6,11H,7-8H2,1H3. The quantitative estimate of drug-likeness (QED) is 0.648. The number of carbonyl (C=O) groups excluding carboxylic acids is 1. The molecule has 1 heterocycles.